The van der Waals surface area contributed by atoms with E-state index in [1.165, 1.54) is 12.8 Å². The summed E-state index contributed by atoms with van der Waals surface area (Å²) in [5.74, 6) is 6.84. The predicted octanol–water partition coefficient (Wildman–Crippen LogP) is 12.6. The quantitative estimate of drug-likeness (QED) is 0.0673. The SMILES string of the molecule is C#CC/C(=C\C=C(/C)n1cc(/C(C)=C/C=C(\CC)OCCCN(CC)CC)nc1CC)Oc1ccc(OC)cc1.CC.CC.CC.CCCC. The molecule has 6 nitrogen and oxygen atoms in total. The molecule has 2 aromatic rings. The Morgan fingerprint density at radius 1 is 0.820 bits per heavy atom. The van der Waals surface area contributed by atoms with Crippen LogP contribution in [0.5, 0.6) is 11.5 Å². The van der Waals surface area contributed by atoms with Crippen LogP contribution in [-0.2, 0) is 11.2 Å². The molecule has 0 amide bonds. The van der Waals surface area contributed by atoms with Gasteiger partial charge in [0.1, 0.15) is 23.1 Å². The molecule has 0 aliphatic carbocycles. The molecule has 0 N–H and O–H groups in total. The smallest absolute Gasteiger partial charge is 0.127 e. The third kappa shape index (κ3) is 22.1. The molecule has 0 bridgehead atoms. The van der Waals surface area contributed by atoms with Crippen molar-refractivity contribution in [1.29, 1.82) is 0 Å². The minimum Gasteiger partial charge on any atom is -0.498 e. The van der Waals surface area contributed by atoms with Crippen LogP contribution in [0.3, 0.4) is 0 Å². The average Bonchev–Trinajstić information content (AvgIpc) is 3.63. The summed E-state index contributed by atoms with van der Waals surface area (Å²) in [6.07, 6.45) is 21.5. The fourth-order valence-corrected chi connectivity index (χ4v) is 4.08. The van der Waals surface area contributed by atoms with Crippen LogP contribution in [0.1, 0.15) is 141 Å². The fourth-order valence-electron chi connectivity index (χ4n) is 4.08. The van der Waals surface area contributed by atoms with Crippen molar-refractivity contribution in [2.75, 3.05) is 33.4 Å². The van der Waals surface area contributed by atoms with Gasteiger partial charge in [0.25, 0.3) is 0 Å². The largest absolute Gasteiger partial charge is 0.498 e. The number of allylic oxidation sites excluding steroid dienone is 8. The zero-order chi connectivity index (χ0) is 38.7. The molecule has 0 atom stereocenters. The number of hydrogen-bond donors (Lipinski definition) is 0. The summed E-state index contributed by atoms with van der Waals surface area (Å²) in [7, 11) is 1.64. The summed E-state index contributed by atoms with van der Waals surface area (Å²) in [6.45, 7) is 33.1. The van der Waals surface area contributed by atoms with E-state index in [1.54, 1.807) is 7.11 Å². The van der Waals surface area contributed by atoms with E-state index in [0.29, 0.717) is 17.9 Å². The molecular weight excluding hydrogens is 619 g/mol. The Bertz CT molecular complexity index is 1240. The number of aryl methyl sites for hydroxylation is 1. The predicted molar refractivity (Wildman–Crippen MR) is 222 cm³/mol. The molecule has 1 heterocycles. The number of aromatic nitrogens is 2. The molecule has 1 aromatic heterocycles. The van der Waals surface area contributed by atoms with Gasteiger partial charge < -0.3 is 23.7 Å². The van der Waals surface area contributed by atoms with E-state index >= 15 is 0 Å². The van der Waals surface area contributed by atoms with Crippen LogP contribution in [0, 0.1) is 12.3 Å². The van der Waals surface area contributed by atoms with Crippen LogP contribution in [0.15, 0.2) is 66.3 Å². The molecule has 2 rings (SSSR count). The van der Waals surface area contributed by atoms with Crippen molar-refractivity contribution in [2.24, 2.45) is 0 Å². The standard InChI is InChI=1S/C34H47N3O3.C4H10.3C2H6/c1-9-15-31(40-32-22-20-30(38-8)21-23-32)19-17-28(7)37-26-33(35-34(37)11-3)27(6)16-18-29(10-2)39-25-14-24-36(12-4)13-5;1-3-4-2;3*1-2/h1,16-23,26H,10-15,24-25H2,2-8H3;3-4H2,1-2H3;3*1-2H3/b27-16+,28-17+,29-18+,31-19+;;;;. The highest BCUT2D eigenvalue weighted by Crippen LogP contribution is 2.22. The molecule has 284 valence electrons. The van der Waals surface area contributed by atoms with Gasteiger partial charge in [-0.15, -0.1) is 6.42 Å². The number of unbranched alkanes of at least 4 members (excludes halogenated alkanes) is 1. The number of methoxy groups -OCH3 is 1. The summed E-state index contributed by atoms with van der Waals surface area (Å²) >= 11 is 0. The second kappa shape index (κ2) is 35.1. The molecule has 0 saturated heterocycles. The van der Waals surface area contributed by atoms with Crippen molar-refractivity contribution in [3.8, 4) is 23.8 Å². The van der Waals surface area contributed by atoms with Crippen molar-refractivity contribution in [2.45, 2.75) is 135 Å². The Hall–Kier alpha value is -3.69. The number of imidazole rings is 1. The van der Waals surface area contributed by atoms with E-state index in [4.69, 9.17) is 25.6 Å². The van der Waals surface area contributed by atoms with Gasteiger partial charge in [-0.2, -0.15) is 0 Å². The minimum absolute atomic E-state index is 0.386. The van der Waals surface area contributed by atoms with Gasteiger partial charge in [-0.25, -0.2) is 4.98 Å². The molecule has 0 spiro atoms. The van der Waals surface area contributed by atoms with E-state index in [2.05, 4.69) is 89.1 Å². The highest BCUT2D eigenvalue weighted by Gasteiger charge is 2.09. The molecule has 50 heavy (non-hydrogen) atoms. The normalized spacial score (nSPS) is 11.3. The van der Waals surface area contributed by atoms with Crippen LogP contribution in [0.2, 0.25) is 0 Å². The van der Waals surface area contributed by atoms with Crippen LogP contribution in [0.4, 0.5) is 0 Å². The van der Waals surface area contributed by atoms with E-state index in [1.807, 2.05) is 78.0 Å². The van der Waals surface area contributed by atoms with Crippen LogP contribution in [-0.4, -0.2) is 47.8 Å². The number of benzene rings is 1. The van der Waals surface area contributed by atoms with Gasteiger partial charge in [0.05, 0.1) is 31.6 Å². The first-order chi connectivity index (χ1) is 24.3. The zero-order valence-corrected chi connectivity index (χ0v) is 34.9. The number of hydrogen-bond acceptors (Lipinski definition) is 5. The molecule has 1 aromatic carbocycles. The third-order valence-electron chi connectivity index (χ3n) is 7.14. The fraction of sp³-hybridized carbons (Fsp3) is 0.568. The molecule has 0 aliphatic rings. The van der Waals surface area contributed by atoms with Crippen LogP contribution in [0.25, 0.3) is 11.3 Å². The summed E-state index contributed by atoms with van der Waals surface area (Å²) in [5.41, 5.74) is 3.06. The number of terminal acetylenes is 1. The molecule has 0 radical (unpaired) electrons. The first-order valence-electron chi connectivity index (χ1n) is 19.2. The lowest BCUT2D eigenvalue weighted by atomic mass is 10.2. The van der Waals surface area contributed by atoms with Gasteiger partial charge in [0, 0.05) is 31.3 Å². The van der Waals surface area contributed by atoms with Gasteiger partial charge in [-0.05, 0) is 81.4 Å². The van der Waals surface area contributed by atoms with Gasteiger partial charge >= 0.3 is 0 Å². The third-order valence-corrected chi connectivity index (χ3v) is 7.14. The second-order valence-electron chi connectivity index (χ2n) is 10.4. The molecule has 0 saturated carbocycles. The van der Waals surface area contributed by atoms with E-state index in [9.17, 15) is 0 Å². The number of rotatable bonds is 18. The Labute approximate surface area is 309 Å². The second-order valence-corrected chi connectivity index (χ2v) is 10.4. The summed E-state index contributed by atoms with van der Waals surface area (Å²) in [4.78, 5) is 7.31. The molecule has 0 unspecified atom stereocenters. The summed E-state index contributed by atoms with van der Waals surface area (Å²) in [6, 6.07) is 7.45. The lowest BCUT2D eigenvalue weighted by Crippen LogP contribution is -2.24. The average molecular weight is 694 g/mol. The maximum absolute atomic E-state index is 6.05. The lowest BCUT2D eigenvalue weighted by Gasteiger charge is -2.18. The number of ether oxygens (including phenoxy) is 3. The number of nitrogens with zero attached hydrogens (tertiary/aromatic N) is 3. The van der Waals surface area contributed by atoms with Crippen molar-refractivity contribution in [3.63, 3.8) is 0 Å². The van der Waals surface area contributed by atoms with Gasteiger partial charge in [-0.1, -0.05) is 108 Å². The molecule has 0 fully saturated rings. The Morgan fingerprint density at radius 2 is 1.38 bits per heavy atom. The summed E-state index contributed by atoms with van der Waals surface area (Å²) in [5, 5.41) is 0. The Morgan fingerprint density at radius 3 is 1.86 bits per heavy atom. The van der Waals surface area contributed by atoms with E-state index < -0.39 is 0 Å². The lowest BCUT2D eigenvalue weighted by molar-refractivity contribution is 0.181. The molecule has 0 aliphatic heterocycles. The van der Waals surface area contributed by atoms with Gasteiger partial charge in [-0.3, -0.25) is 0 Å². The zero-order valence-electron chi connectivity index (χ0n) is 34.9. The van der Waals surface area contributed by atoms with Gasteiger partial charge in [0.15, 0.2) is 0 Å². The van der Waals surface area contributed by atoms with Crippen molar-refractivity contribution >= 4 is 11.3 Å². The maximum Gasteiger partial charge on any atom is 0.127 e. The molecular formula is C44H75N3O3. The van der Waals surface area contributed by atoms with Crippen LogP contribution < -0.4 is 9.47 Å². The highest BCUT2D eigenvalue weighted by atomic mass is 16.5. The minimum atomic E-state index is 0.386. The Balaban J connectivity index is -0.00000199. The maximum atomic E-state index is 6.05. The molecule has 6 heteroatoms. The first-order valence-corrected chi connectivity index (χ1v) is 19.2. The van der Waals surface area contributed by atoms with Crippen molar-refractivity contribution < 1.29 is 14.2 Å². The monoisotopic (exact) mass is 694 g/mol. The first kappa shape index (κ1) is 50.7. The van der Waals surface area contributed by atoms with Gasteiger partial charge in [0.2, 0.25) is 0 Å². The highest BCUT2D eigenvalue weighted by molar-refractivity contribution is 5.63. The topological polar surface area (TPSA) is 48.8 Å². The summed E-state index contributed by atoms with van der Waals surface area (Å²) < 4.78 is 19.4. The van der Waals surface area contributed by atoms with Crippen LogP contribution >= 0.6 is 0 Å². The van der Waals surface area contributed by atoms with E-state index in [-0.39, 0.29) is 0 Å². The van der Waals surface area contributed by atoms with Crippen molar-refractivity contribution in [1.82, 2.24) is 14.5 Å². The Kier molecular flexibility index (Phi) is 35.6. The van der Waals surface area contributed by atoms with E-state index in [0.717, 1.165) is 79.8 Å². The van der Waals surface area contributed by atoms with Crippen molar-refractivity contribution in [3.05, 3.63) is 77.8 Å².